The quantitative estimate of drug-likeness (QED) is 0.621. The van der Waals surface area contributed by atoms with Crippen molar-refractivity contribution in [2.75, 3.05) is 21.3 Å². The van der Waals surface area contributed by atoms with Crippen LogP contribution in [0.3, 0.4) is 0 Å². The van der Waals surface area contributed by atoms with E-state index in [1.54, 1.807) is 12.1 Å². The highest BCUT2D eigenvalue weighted by Crippen LogP contribution is 2.38. The van der Waals surface area contributed by atoms with Gasteiger partial charge in [0.2, 0.25) is 5.75 Å². The zero-order chi connectivity index (χ0) is 19.3. The number of hydrazone groups is 1. The zero-order valence-electron chi connectivity index (χ0n) is 16.0. The van der Waals surface area contributed by atoms with Gasteiger partial charge >= 0.3 is 0 Å². The van der Waals surface area contributed by atoms with Crippen LogP contribution in [0.5, 0.6) is 17.2 Å². The molecular formula is C20H26N2O4. The molecule has 0 aliphatic heterocycles. The number of nitrogens with zero attached hydrogens (tertiary/aromatic N) is 1. The van der Waals surface area contributed by atoms with Crippen LogP contribution in [0.2, 0.25) is 0 Å². The molecule has 1 aliphatic carbocycles. The summed E-state index contributed by atoms with van der Waals surface area (Å²) in [5.74, 6) is 1.28. The second kappa shape index (κ2) is 8.56. The monoisotopic (exact) mass is 358 g/mol. The third kappa shape index (κ3) is 4.25. The van der Waals surface area contributed by atoms with E-state index in [1.165, 1.54) is 21.3 Å². The van der Waals surface area contributed by atoms with Crippen LogP contribution in [0.25, 0.3) is 0 Å². The minimum absolute atomic E-state index is 0.345. The van der Waals surface area contributed by atoms with Gasteiger partial charge in [0.05, 0.1) is 27.0 Å². The summed E-state index contributed by atoms with van der Waals surface area (Å²) in [5.41, 5.74) is 6.06. The fourth-order valence-electron chi connectivity index (χ4n) is 2.82. The van der Waals surface area contributed by atoms with E-state index >= 15 is 0 Å². The molecule has 0 saturated carbocycles. The molecule has 0 bridgehead atoms. The SMILES string of the molecule is C=C(C)C1CC=C(C)/C(=N/NC(=O)c2cc(OC)c(OC)c(OC)c2)C1. The van der Waals surface area contributed by atoms with Crippen molar-refractivity contribution in [1.29, 1.82) is 0 Å². The van der Waals surface area contributed by atoms with E-state index < -0.39 is 0 Å². The van der Waals surface area contributed by atoms with Crippen LogP contribution >= 0.6 is 0 Å². The van der Waals surface area contributed by atoms with Gasteiger partial charge in [0.1, 0.15) is 0 Å². The number of hydrogen-bond acceptors (Lipinski definition) is 5. The highest BCUT2D eigenvalue weighted by Gasteiger charge is 2.20. The maximum Gasteiger partial charge on any atom is 0.271 e. The summed E-state index contributed by atoms with van der Waals surface area (Å²) >= 11 is 0. The van der Waals surface area contributed by atoms with Crippen LogP contribution in [0.1, 0.15) is 37.0 Å². The first kappa shape index (κ1) is 19.6. The van der Waals surface area contributed by atoms with E-state index in [4.69, 9.17) is 14.2 Å². The first-order valence-electron chi connectivity index (χ1n) is 8.40. The van der Waals surface area contributed by atoms with Crippen molar-refractivity contribution < 1.29 is 19.0 Å². The van der Waals surface area contributed by atoms with E-state index in [-0.39, 0.29) is 5.91 Å². The number of hydrogen-bond donors (Lipinski definition) is 1. The Labute approximate surface area is 154 Å². The first-order chi connectivity index (χ1) is 12.4. The molecule has 1 aromatic carbocycles. The van der Waals surface area contributed by atoms with Crippen LogP contribution in [0.4, 0.5) is 0 Å². The van der Waals surface area contributed by atoms with Gasteiger partial charge in [0, 0.05) is 5.56 Å². The molecule has 2 rings (SSSR count). The van der Waals surface area contributed by atoms with Crippen LogP contribution in [0.15, 0.2) is 41.0 Å². The lowest BCUT2D eigenvalue weighted by molar-refractivity contribution is 0.0954. The Morgan fingerprint density at radius 1 is 1.19 bits per heavy atom. The zero-order valence-corrected chi connectivity index (χ0v) is 16.0. The molecule has 0 saturated heterocycles. The van der Waals surface area contributed by atoms with Crippen molar-refractivity contribution in [3.63, 3.8) is 0 Å². The molecule has 140 valence electrons. The Morgan fingerprint density at radius 2 is 1.81 bits per heavy atom. The summed E-state index contributed by atoms with van der Waals surface area (Å²) in [6.07, 6.45) is 3.86. The average molecular weight is 358 g/mol. The number of nitrogens with one attached hydrogen (secondary N) is 1. The maximum atomic E-state index is 12.5. The predicted molar refractivity (Wildman–Crippen MR) is 102 cm³/mol. The molecule has 0 radical (unpaired) electrons. The highest BCUT2D eigenvalue weighted by atomic mass is 16.5. The Kier molecular flexibility index (Phi) is 6.44. The summed E-state index contributed by atoms with van der Waals surface area (Å²) in [6, 6.07) is 3.19. The third-order valence-corrected chi connectivity index (χ3v) is 4.52. The second-order valence-corrected chi connectivity index (χ2v) is 6.28. The molecule has 0 aromatic heterocycles. The van der Waals surface area contributed by atoms with Gasteiger partial charge in [0.25, 0.3) is 5.91 Å². The average Bonchev–Trinajstić information content (AvgIpc) is 2.65. The molecule has 1 aromatic rings. The lowest BCUT2D eigenvalue weighted by Crippen LogP contribution is -2.23. The number of carbonyl (C=O) groups is 1. The lowest BCUT2D eigenvalue weighted by atomic mass is 9.85. The van der Waals surface area contributed by atoms with E-state index in [9.17, 15) is 4.79 Å². The normalized spacial score (nSPS) is 18.1. The predicted octanol–water partition coefficient (Wildman–Crippen LogP) is 3.73. The third-order valence-electron chi connectivity index (χ3n) is 4.52. The fourth-order valence-corrected chi connectivity index (χ4v) is 2.82. The number of rotatable bonds is 6. The Balaban J connectivity index is 2.23. The Bertz CT molecular complexity index is 740. The van der Waals surface area contributed by atoms with Crippen molar-refractivity contribution in [2.24, 2.45) is 11.0 Å². The van der Waals surface area contributed by atoms with Crippen LogP contribution in [-0.2, 0) is 0 Å². The minimum atomic E-state index is -0.345. The fraction of sp³-hybridized carbons (Fsp3) is 0.400. The number of ether oxygens (including phenoxy) is 3. The molecule has 1 N–H and O–H groups in total. The molecule has 1 unspecified atom stereocenters. The molecule has 1 amide bonds. The van der Waals surface area contributed by atoms with Crippen LogP contribution in [0, 0.1) is 5.92 Å². The summed E-state index contributed by atoms with van der Waals surface area (Å²) in [5, 5.41) is 4.32. The van der Waals surface area contributed by atoms with Gasteiger partial charge in [-0.25, -0.2) is 5.43 Å². The largest absolute Gasteiger partial charge is 0.493 e. The lowest BCUT2D eigenvalue weighted by Gasteiger charge is -2.22. The molecule has 1 atom stereocenters. The van der Waals surface area contributed by atoms with Crippen molar-refractivity contribution in [3.05, 3.63) is 41.5 Å². The smallest absolute Gasteiger partial charge is 0.271 e. The van der Waals surface area contributed by atoms with Gasteiger partial charge in [-0.2, -0.15) is 5.10 Å². The Hall–Kier alpha value is -2.76. The number of methoxy groups -OCH3 is 3. The number of amides is 1. The molecule has 0 fully saturated rings. The van der Waals surface area contributed by atoms with E-state index in [1.807, 2.05) is 13.8 Å². The van der Waals surface area contributed by atoms with Gasteiger partial charge in [-0.3, -0.25) is 4.79 Å². The molecule has 6 nitrogen and oxygen atoms in total. The van der Waals surface area contributed by atoms with E-state index in [2.05, 4.69) is 23.2 Å². The van der Waals surface area contributed by atoms with Crippen LogP contribution < -0.4 is 19.6 Å². The minimum Gasteiger partial charge on any atom is -0.493 e. The first-order valence-corrected chi connectivity index (χ1v) is 8.40. The van der Waals surface area contributed by atoms with Gasteiger partial charge in [-0.15, -0.1) is 0 Å². The summed E-state index contributed by atoms with van der Waals surface area (Å²) in [6.45, 7) is 8.04. The molecule has 1 aliphatic rings. The molecule has 26 heavy (non-hydrogen) atoms. The molecule has 6 heteroatoms. The summed E-state index contributed by atoms with van der Waals surface area (Å²) in [4.78, 5) is 12.5. The van der Waals surface area contributed by atoms with Crippen molar-refractivity contribution in [1.82, 2.24) is 5.43 Å². The van der Waals surface area contributed by atoms with Crippen molar-refractivity contribution in [3.8, 4) is 17.2 Å². The second-order valence-electron chi connectivity index (χ2n) is 6.28. The van der Waals surface area contributed by atoms with Crippen LogP contribution in [-0.4, -0.2) is 32.9 Å². The van der Waals surface area contributed by atoms with E-state index in [0.29, 0.717) is 28.7 Å². The van der Waals surface area contributed by atoms with Gasteiger partial charge in [-0.05, 0) is 50.3 Å². The number of benzene rings is 1. The summed E-state index contributed by atoms with van der Waals surface area (Å²) < 4.78 is 15.8. The van der Waals surface area contributed by atoms with Gasteiger partial charge < -0.3 is 14.2 Å². The topological polar surface area (TPSA) is 69.2 Å². The number of carbonyl (C=O) groups excluding carboxylic acids is 1. The highest BCUT2D eigenvalue weighted by molar-refractivity contribution is 6.02. The summed E-state index contributed by atoms with van der Waals surface area (Å²) in [7, 11) is 4.53. The van der Waals surface area contributed by atoms with E-state index in [0.717, 1.165) is 29.7 Å². The molecule has 0 heterocycles. The van der Waals surface area contributed by atoms with Gasteiger partial charge in [0.15, 0.2) is 11.5 Å². The number of allylic oxidation sites excluding steroid dienone is 3. The maximum absolute atomic E-state index is 12.5. The standard InChI is InChI=1S/C20H26N2O4/c1-12(2)14-8-7-13(3)16(9-14)21-22-20(23)15-10-17(24-4)19(26-6)18(11-15)25-5/h7,10-11,14H,1,8-9H2,2-6H3,(H,22,23)/b21-16+. The van der Waals surface area contributed by atoms with Crippen molar-refractivity contribution in [2.45, 2.75) is 26.7 Å². The Morgan fingerprint density at radius 3 is 2.31 bits per heavy atom. The molecular weight excluding hydrogens is 332 g/mol. The van der Waals surface area contributed by atoms with Gasteiger partial charge in [-0.1, -0.05) is 18.2 Å². The van der Waals surface area contributed by atoms with Crippen molar-refractivity contribution >= 4 is 11.6 Å². The molecule has 0 spiro atoms.